The van der Waals surface area contributed by atoms with Gasteiger partial charge in [0.1, 0.15) is 6.04 Å². The minimum atomic E-state index is -0.557. The maximum absolute atomic E-state index is 12.2. The fraction of sp³-hybridized carbons (Fsp3) is 0.385. The smallest absolute Gasteiger partial charge is 0.262 e. The molecule has 0 saturated heterocycles. The highest BCUT2D eigenvalue weighted by molar-refractivity contribution is 7.12. The molecule has 0 bridgehead atoms. The lowest BCUT2D eigenvalue weighted by Gasteiger charge is -2.17. The Morgan fingerprint density at radius 1 is 1.43 bits per heavy atom. The average Bonchev–Trinajstić information content (AvgIpc) is 3.04. The molecule has 0 unspecified atom stereocenters. The number of carbonyl (C=O) groups excluding carboxylic acids is 2. The van der Waals surface area contributed by atoms with Gasteiger partial charge in [-0.05, 0) is 18.9 Å². The Hall–Kier alpha value is -2.22. The number of nitrogens with one attached hydrogen (secondary N) is 1. The zero-order valence-corrected chi connectivity index (χ0v) is 12.7. The molecule has 0 fully saturated rings. The molecule has 21 heavy (non-hydrogen) atoms. The van der Waals surface area contributed by atoms with Crippen LogP contribution in [0.1, 0.15) is 51.6 Å². The van der Waals surface area contributed by atoms with E-state index in [9.17, 15) is 9.59 Å². The Kier molecular flexibility index (Phi) is 4.37. The zero-order chi connectivity index (χ0) is 15.6. The van der Waals surface area contributed by atoms with Crippen molar-refractivity contribution < 1.29 is 14.1 Å². The largest absolute Gasteiger partial charge is 0.366 e. The van der Waals surface area contributed by atoms with Crippen molar-refractivity contribution in [1.29, 1.82) is 0 Å². The number of rotatable bonds is 5. The van der Waals surface area contributed by atoms with E-state index in [2.05, 4.69) is 15.5 Å². The van der Waals surface area contributed by atoms with Crippen LogP contribution in [0.2, 0.25) is 0 Å². The highest BCUT2D eigenvalue weighted by Crippen LogP contribution is 2.22. The number of amides is 2. The number of hydrogen-bond acceptors (Lipinski definition) is 6. The van der Waals surface area contributed by atoms with Gasteiger partial charge < -0.3 is 15.6 Å². The minimum Gasteiger partial charge on any atom is -0.366 e. The molecule has 8 heteroatoms. The van der Waals surface area contributed by atoms with Crippen molar-refractivity contribution in [1.82, 2.24) is 15.5 Å². The van der Waals surface area contributed by atoms with Gasteiger partial charge in [-0.3, -0.25) is 9.59 Å². The molecule has 112 valence electrons. The van der Waals surface area contributed by atoms with E-state index < -0.39 is 11.9 Å². The first-order valence-electron chi connectivity index (χ1n) is 6.38. The van der Waals surface area contributed by atoms with Gasteiger partial charge in [0.2, 0.25) is 11.8 Å². The maximum atomic E-state index is 12.2. The number of aryl methyl sites for hydroxylation is 1. The summed E-state index contributed by atoms with van der Waals surface area (Å²) in [7, 11) is 0. The van der Waals surface area contributed by atoms with Crippen molar-refractivity contribution in [2.75, 3.05) is 0 Å². The summed E-state index contributed by atoms with van der Waals surface area (Å²) in [6, 6.07) is 1.08. The molecule has 1 atom stereocenters. The predicted octanol–water partition coefficient (Wildman–Crippen LogP) is 1.67. The van der Waals surface area contributed by atoms with Crippen molar-refractivity contribution >= 4 is 23.2 Å². The fourth-order valence-corrected chi connectivity index (χ4v) is 2.55. The summed E-state index contributed by atoms with van der Waals surface area (Å²) in [5, 5.41) is 8.12. The molecule has 0 saturated carbocycles. The summed E-state index contributed by atoms with van der Waals surface area (Å²) in [6.07, 6.45) is 0. The van der Waals surface area contributed by atoms with Crippen molar-refractivity contribution in [2.24, 2.45) is 11.7 Å². The van der Waals surface area contributed by atoms with Gasteiger partial charge >= 0.3 is 0 Å². The quantitative estimate of drug-likeness (QED) is 0.872. The molecule has 2 aromatic rings. The van der Waals surface area contributed by atoms with Crippen LogP contribution in [0.4, 0.5) is 0 Å². The number of hydrogen-bond donors (Lipinski definition) is 2. The van der Waals surface area contributed by atoms with E-state index in [1.165, 1.54) is 6.07 Å². The topological polar surface area (TPSA) is 111 Å². The summed E-state index contributed by atoms with van der Waals surface area (Å²) < 4.78 is 5.12. The molecule has 2 amide bonds. The third-order valence-electron chi connectivity index (χ3n) is 2.87. The van der Waals surface area contributed by atoms with Crippen LogP contribution in [0.3, 0.4) is 0 Å². The number of nitrogens with two attached hydrogens (primary N) is 1. The lowest BCUT2D eigenvalue weighted by molar-refractivity contribution is 0.0918. The predicted molar refractivity (Wildman–Crippen MR) is 76.9 cm³/mol. The fourth-order valence-electron chi connectivity index (χ4n) is 1.75. The second-order valence-corrected chi connectivity index (χ2v) is 5.85. The minimum absolute atomic E-state index is 0.0735. The first kappa shape index (κ1) is 15.2. The van der Waals surface area contributed by atoms with Gasteiger partial charge in [-0.2, -0.15) is 4.98 Å². The zero-order valence-electron chi connectivity index (χ0n) is 11.9. The SMILES string of the molecule is Cc1noc([C@H](NC(=O)c2cc(C(N)=O)cs2)C(C)C)n1. The van der Waals surface area contributed by atoms with Gasteiger partial charge in [-0.1, -0.05) is 19.0 Å². The Bertz CT molecular complexity index is 662. The lowest BCUT2D eigenvalue weighted by Crippen LogP contribution is -2.31. The Balaban J connectivity index is 2.16. The molecule has 2 rings (SSSR count). The molecule has 0 aliphatic heterocycles. The number of primary amides is 1. The Morgan fingerprint density at radius 2 is 2.14 bits per heavy atom. The van der Waals surface area contributed by atoms with Crippen LogP contribution in [0, 0.1) is 12.8 Å². The molecule has 0 radical (unpaired) electrons. The van der Waals surface area contributed by atoms with Crippen LogP contribution in [0.15, 0.2) is 16.0 Å². The summed E-state index contributed by atoms with van der Waals surface area (Å²) >= 11 is 1.16. The van der Waals surface area contributed by atoms with Crippen LogP contribution in [-0.2, 0) is 0 Å². The number of thiophene rings is 1. The molecule has 0 aliphatic rings. The third kappa shape index (κ3) is 3.46. The van der Waals surface area contributed by atoms with Crippen molar-refractivity contribution in [3.8, 4) is 0 Å². The van der Waals surface area contributed by atoms with E-state index in [1.807, 2.05) is 13.8 Å². The van der Waals surface area contributed by atoms with Crippen LogP contribution >= 0.6 is 11.3 Å². The maximum Gasteiger partial charge on any atom is 0.262 e. The van der Waals surface area contributed by atoms with Gasteiger partial charge in [-0.15, -0.1) is 11.3 Å². The first-order chi connectivity index (χ1) is 9.88. The third-order valence-corrected chi connectivity index (χ3v) is 3.80. The molecule has 0 aromatic carbocycles. The lowest BCUT2D eigenvalue weighted by atomic mass is 10.0. The van der Waals surface area contributed by atoms with E-state index >= 15 is 0 Å². The van der Waals surface area contributed by atoms with Gasteiger partial charge in [0, 0.05) is 5.38 Å². The average molecular weight is 308 g/mol. The summed E-state index contributed by atoms with van der Waals surface area (Å²) in [6.45, 7) is 5.59. The van der Waals surface area contributed by atoms with E-state index in [0.29, 0.717) is 22.2 Å². The van der Waals surface area contributed by atoms with Gasteiger partial charge in [0.05, 0.1) is 10.4 Å². The van der Waals surface area contributed by atoms with Gasteiger partial charge in [0.15, 0.2) is 5.82 Å². The molecule has 2 aromatic heterocycles. The molecular weight excluding hydrogens is 292 g/mol. The second-order valence-electron chi connectivity index (χ2n) is 4.94. The monoisotopic (exact) mass is 308 g/mol. The van der Waals surface area contributed by atoms with E-state index in [-0.39, 0.29) is 11.8 Å². The molecule has 3 N–H and O–H groups in total. The highest BCUT2D eigenvalue weighted by atomic mass is 32.1. The first-order valence-corrected chi connectivity index (χ1v) is 7.26. The normalized spacial score (nSPS) is 12.4. The van der Waals surface area contributed by atoms with Gasteiger partial charge in [0.25, 0.3) is 5.91 Å². The van der Waals surface area contributed by atoms with Crippen LogP contribution in [0.25, 0.3) is 0 Å². The Morgan fingerprint density at radius 3 is 2.62 bits per heavy atom. The second kappa shape index (κ2) is 6.04. The van der Waals surface area contributed by atoms with E-state index in [1.54, 1.807) is 12.3 Å². The van der Waals surface area contributed by atoms with Crippen LogP contribution in [-0.4, -0.2) is 22.0 Å². The van der Waals surface area contributed by atoms with Crippen molar-refractivity contribution in [2.45, 2.75) is 26.8 Å². The van der Waals surface area contributed by atoms with Crippen molar-refractivity contribution in [3.63, 3.8) is 0 Å². The Labute approximate surface area is 125 Å². The summed E-state index contributed by atoms with van der Waals surface area (Å²) in [5.41, 5.74) is 5.49. The standard InChI is InChI=1S/C13H16N4O3S/c1-6(2)10(13-15-7(3)17-20-13)16-12(19)9-4-8(5-21-9)11(14)18/h4-6,10H,1-3H3,(H2,14,18)(H,16,19)/t10-/m1/s1. The summed E-state index contributed by atoms with van der Waals surface area (Å²) in [4.78, 5) is 27.8. The highest BCUT2D eigenvalue weighted by Gasteiger charge is 2.25. The van der Waals surface area contributed by atoms with E-state index in [4.69, 9.17) is 10.3 Å². The van der Waals surface area contributed by atoms with Crippen LogP contribution < -0.4 is 11.1 Å². The molecular formula is C13H16N4O3S. The molecule has 0 aliphatic carbocycles. The molecule has 2 heterocycles. The van der Waals surface area contributed by atoms with E-state index in [0.717, 1.165) is 11.3 Å². The van der Waals surface area contributed by atoms with Gasteiger partial charge in [-0.25, -0.2) is 0 Å². The summed E-state index contributed by atoms with van der Waals surface area (Å²) in [5.74, 6) is 0.0872. The number of aromatic nitrogens is 2. The van der Waals surface area contributed by atoms with Crippen LogP contribution in [0.5, 0.6) is 0 Å². The molecule has 0 spiro atoms. The number of nitrogens with zero attached hydrogens (tertiary/aromatic N) is 2. The number of carbonyl (C=O) groups is 2. The van der Waals surface area contributed by atoms with Crippen molar-refractivity contribution in [3.05, 3.63) is 33.6 Å². The molecule has 7 nitrogen and oxygen atoms in total.